The minimum Gasteiger partial charge on any atom is -0.404 e. The molecule has 4 aliphatic rings. The lowest BCUT2D eigenvalue weighted by Gasteiger charge is -2.64. The van der Waals surface area contributed by atoms with Crippen molar-refractivity contribution in [3.05, 3.63) is 45.5 Å². The molecule has 6 atom stereocenters. The van der Waals surface area contributed by atoms with Gasteiger partial charge in [0.05, 0.1) is 17.6 Å². The van der Waals surface area contributed by atoms with Crippen molar-refractivity contribution in [3.63, 3.8) is 0 Å². The van der Waals surface area contributed by atoms with Crippen LogP contribution in [0.5, 0.6) is 0 Å². The van der Waals surface area contributed by atoms with Crippen molar-refractivity contribution in [1.29, 1.82) is 0 Å². The summed E-state index contributed by atoms with van der Waals surface area (Å²) in [4.78, 5) is 41.5. The van der Waals surface area contributed by atoms with Crippen LogP contribution in [-0.4, -0.2) is 60.2 Å². The Morgan fingerprint density at radius 3 is 2.47 bits per heavy atom. The van der Waals surface area contributed by atoms with Crippen LogP contribution in [0.4, 0.5) is 0 Å². The molecule has 3 aliphatic carbocycles. The fraction of sp³-hybridized carbons (Fsp3) is 0.719. The van der Waals surface area contributed by atoms with E-state index in [1.165, 1.54) is 5.56 Å². The molecule has 1 heterocycles. The molecule has 248 valence electrons. The van der Waals surface area contributed by atoms with Crippen LogP contribution in [0.2, 0.25) is 0 Å². The van der Waals surface area contributed by atoms with Crippen molar-refractivity contribution in [2.75, 3.05) is 6.54 Å². The molecule has 1 saturated heterocycles. The number of guanidine groups is 1. The van der Waals surface area contributed by atoms with Crippen molar-refractivity contribution in [1.82, 2.24) is 16.1 Å². The average Bonchev–Trinajstić information content (AvgIpc) is 3.34. The molecule has 0 aromatic heterocycles. The summed E-state index contributed by atoms with van der Waals surface area (Å²) in [5, 5.41) is 15.9. The molecule has 5 rings (SSSR count). The van der Waals surface area contributed by atoms with Gasteiger partial charge in [-0.1, -0.05) is 64.3 Å². The standard InChI is InChI=1S/C32H51BN6O6/c1-7-21-10-12-22(13-11-21)14-15-28(40)36-24(9-8-16-35-30(34)38-39(42)43)29(41)37-27(17-20(2)3)33-44-26-19-23-18-25(31(23,4)5)32(26,6)45-33/h10-13,20,23-27H,7-9,14-19H2,1-6H3,(H,36,40)(H,37,41)(H3,34,35,38)/t23-,24-,25-,26+,27-,32-/m0/s1. The van der Waals surface area contributed by atoms with Crippen LogP contribution < -0.4 is 21.8 Å². The number of nitrogens with one attached hydrogen (secondary N) is 3. The second-order valence-corrected chi connectivity index (χ2v) is 14.1. The number of nitrogens with two attached hydrogens (primary N) is 1. The topological polar surface area (TPSA) is 170 Å². The molecule has 0 radical (unpaired) electrons. The van der Waals surface area contributed by atoms with Gasteiger partial charge in [0.2, 0.25) is 11.8 Å². The summed E-state index contributed by atoms with van der Waals surface area (Å²) < 4.78 is 13.2. The number of carbonyl (C=O) groups excluding carboxylic acids is 2. The Labute approximate surface area is 267 Å². The van der Waals surface area contributed by atoms with Gasteiger partial charge < -0.3 is 25.7 Å². The quantitative estimate of drug-likeness (QED) is 0.0574. The first-order valence-corrected chi connectivity index (χ1v) is 16.4. The maximum Gasteiger partial charge on any atom is 0.481 e. The van der Waals surface area contributed by atoms with Crippen molar-refractivity contribution in [2.24, 2.45) is 33.9 Å². The molecule has 1 aromatic rings. The van der Waals surface area contributed by atoms with Gasteiger partial charge in [-0.25, -0.2) is 15.1 Å². The van der Waals surface area contributed by atoms with Gasteiger partial charge in [0.15, 0.2) is 5.03 Å². The number of nitrogens with zero attached hydrogens (tertiary/aromatic N) is 2. The Morgan fingerprint density at radius 2 is 1.84 bits per heavy atom. The minimum atomic E-state index is -0.833. The van der Waals surface area contributed by atoms with Crippen LogP contribution in [0.25, 0.3) is 0 Å². The van der Waals surface area contributed by atoms with E-state index in [9.17, 15) is 19.7 Å². The van der Waals surface area contributed by atoms with Crippen molar-refractivity contribution >= 4 is 24.9 Å². The van der Waals surface area contributed by atoms with Crippen LogP contribution in [0.1, 0.15) is 91.2 Å². The molecule has 2 bridgehead atoms. The zero-order chi connectivity index (χ0) is 32.9. The van der Waals surface area contributed by atoms with Gasteiger partial charge in [-0.05, 0) is 86.2 Å². The highest BCUT2D eigenvalue weighted by atomic mass is 16.7. The lowest BCUT2D eigenvalue weighted by molar-refractivity contribution is -0.525. The van der Waals surface area contributed by atoms with Crippen LogP contribution >= 0.6 is 0 Å². The predicted molar refractivity (Wildman–Crippen MR) is 173 cm³/mol. The first-order chi connectivity index (χ1) is 21.2. The molecule has 45 heavy (non-hydrogen) atoms. The van der Waals surface area contributed by atoms with E-state index in [4.69, 9.17) is 15.0 Å². The summed E-state index contributed by atoms with van der Waals surface area (Å²) in [6, 6.07) is 7.34. The number of aliphatic imine (C=N–C) groups is 1. The Hall–Kier alpha value is -3.19. The summed E-state index contributed by atoms with van der Waals surface area (Å²) in [5.74, 6) is 0.0131. The highest BCUT2D eigenvalue weighted by Crippen LogP contribution is 2.65. The van der Waals surface area contributed by atoms with Crippen molar-refractivity contribution < 1.29 is 23.9 Å². The molecule has 0 spiro atoms. The van der Waals surface area contributed by atoms with Gasteiger partial charge in [0.1, 0.15) is 6.04 Å². The molecule has 1 aliphatic heterocycles. The Balaban J connectivity index is 1.42. The largest absolute Gasteiger partial charge is 0.481 e. The molecular formula is C32H51BN6O6. The summed E-state index contributed by atoms with van der Waals surface area (Å²) in [5.41, 5.74) is 9.43. The fourth-order valence-electron chi connectivity index (χ4n) is 7.46. The molecule has 1 aromatic carbocycles. The summed E-state index contributed by atoms with van der Waals surface area (Å²) in [6.45, 7) is 13.2. The predicted octanol–water partition coefficient (Wildman–Crippen LogP) is 3.34. The number of hydrazine groups is 1. The minimum absolute atomic E-state index is 0.0103. The van der Waals surface area contributed by atoms with E-state index in [0.29, 0.717) is 31.1 Å². The van der Waals surface area contributed by atoms with Crippen molar-refractivity contribution in [3.8, 4) is 0 Å². The normalized spacial score (nSPS) is 26.4. The van der Waals surface area contributed by atoms with Crippen LogP contribution in [0.3, 0.4) is 0 Å². The number of aryl methyl sites for hydroxylation is 2. The number of carbonyl (C=O) groups is 2. The highest BCUT2D eigenvalue weighted by molar-refractivity contribution is 6.48. The van der Waals surface area contributed by atoms with Gasteiger partial charge in [-0.2, -0.15) is 0 Å². The Kier molecular flexibility index (Phi) is 11.2. The van der Waals surface area contributed by atoms with Gasteiger partial charge in [-0.15, -0.1) is 0 Å². The fourth-order valence-corrected chi connectivity index (χ4v) is 7.46. The summed E-state index contributed by atoms with van der Waals surface area (Å²) in [7, 11) is -0.582. The molecule has 4 fully saturated rings. The first-order valence-electron chi connectivity index (χ1n) is 16.4. The van der Waals surface area contributed by atoms with Crippen LogP contribution in [0, 0.1) is 33.3 Å². The number of rotatable bonds is 15. The maximum absolute atomic E-state index is 13.8. The lowest BCUT2D eigenvalue weighted by Crippen LogP contribution is -2.65. The molecule has 5 N–H and O–H groups in total. The van der Waals surface area contributed by atoms with Crippen molar-refractivity contribution in [2.45, 2.75) is 117 Å². The van der Waals surface area contributed by atoms with E-state index in [1.54, 1.807) is 0 Å². The molecule has 0 unspecified atom stereocenters. The van der Waals surface area contributed by atoms with Gasteiger partial charge in [0, 0.05) is 13.0 Å². The van der Waals surface area contributed by atoms with Crippen LogP contribution in [-0.2, 0) is 31.7 Å². The van der Waals surface area contributed by atoms with E-state index in [-0.39, 0.29) is 54.6 Å². The lowest BCUT2D eigenvalue weighted by atomic mass is 9.43. The maximum atomic E-state index is 13.8. The Bertz CT molecular complexity index is 1240. The number of amides is 2. The third-order valence-corrected chi connectivity index (χ3v) is 10.2. The zero-order valence-corrected chi connectivity index (χ0v) is 27.6. The van der Waals surface area contributed by atoms with E-state index >= 15 is 0 Å². The molecule has 13 heteroatoms. The third kappa shape index (κ3) is 8.35. The summed E-state index contributed by atoms with van der Waals surface area (Å²) in [6.07, 6.45) is 5.11. The smallest absolute Gasteiger partial charge is 0.404 e. The van der Waals surface area contributed by atoms with Gasteiger partial charge in [0.25, 0.3) is 5.96 Å². The number of nitro groups is 1. The SMILES string of the molecule is CCc1ccc(CCC(=O)N[C@@H](CCCN=C(N)N[N+](=O)[O-])C(=O)N[C@@H](CC(C)C)B2O[C@@H]3C[C@@H]4C[C@@H](C4(C)C)[C@]3(C)O2)cc1. The first kappa shape index (κ1) is 34.7. The number of benzene rings is 1. The van der Waals surface area contributed by atoms with Crippen LogP contribution in [0.15, 0.2) is 29.3 Å². The van der Waals surface area contributed by atoms with E-state index in [2.05, 4.69) is 69.3 Å². The number of hydrogen-bond acceptors (Lipinski definition) is 7. The molecular weight excluding hydrogens is 575 g/mol. The van der Waals surface area contributed by atoms with E-state index in [0.717, 1.165) is 24.8 Å². The van der Waals surface area contributed by atoms with E-state index < -0.39 is 29.7 Å². The van der Waals surface area contributed by atoms with E-state index in [1.807, 2.05) is 17.6 Å². The second kappa shape index (κ2) is 14.5. The second-order valence-electron chi connectivity index (χ2n) is 14.1. The molecule has 2 amide bonds. The highest BCUT2D eigenvalue weighted by Gasteiger charge is 2.68. The monoisotopic (exact) mass is 626 g/mol. The van der Waals surface area contributed by atoms with Gasteiger partial charge in [-0.3, -0.25) is 9.59 Å². The average molecular weight is 627 g/mol. The Morgan fingerprint density at radius 1 is 1.16 bits per heavy atom. The summed E-state index contributed by atoms with van der Waals surface area (Å²) >= 11 is 0. The van der Waals surface area contributed by atoms with Gasteiger partial charge >= 0.3 is 7.12 Å². The number of hydrogen-bond donors (Lipinski definition) is 4. The molecule has 3 saturated carbocycles. The zero-order valence-electron chi connectivity index (χ0n) is 27.6. The third-order valence-electron chi connectivity index (χ3n) is 10.2. The molecule has 12 nitrogen and oxygen atoms in total.